The van der Waals surface area contributed by atoms with E-state index < -0.39 is 17.9 Å². The van der Waals surface area contributed by atoms with Crippen molar-refractivity contribution in [2.75, 3.05) is 18.1 Å². The highest BCUT2D eigenvalue weighted by molar-refractivity contribution is 7.10. The van der Waals surface area contributed by atoms with Crippen LogP contribution in [0.15, 0.2) is 66.0 Å². The number of esters is 1. The molecule has 2 aromatic carbocycles. The Labute approximate surface area is 196 Å². The molecular formula is C26H25N3O3S. The average Bonchev–Trinajstić information content (AvgIpc) is 3.42. The first-order valence-electron chi connectivity index (χ1n) is 11.1. The second-order valence-electron chi connectivity index (χ2n) is 8.14. The molecule has 1 aliphatic heterocycles. The van der Waals surface area contributed by atoms with Crippen LogP contribution >= 0.6 is 11.3 Å². The number of thiophene rings is 1. The van der Waals surface area contributed by atoms with Crippen molar-refractivity contribution in [2.24, 2.45) is 5.92 Å². The van der Waals surface area contributed by atoms with E-state index in [9.17, 15) is 9.59 Å². The van der Waals surface area contributed by atoms with Crippen LogP contribution in [0.2, 0.25) is 0 Å². The van der Waals surface area contributed by atoms with Crippen LogP contribution in [-0.4, -0.2) is 34.6 Å². The molecule has 0 saturated heterocycles. The Balaban J connectivity index is 1.68. The number of imidazole rings is 1. The molecule has 2 aromatic heterocycles. The largest absolute Gasteiger partial charge is 0.465 e. The number of aryl methyl sites for hydroxylation is 1. The van der Waals surface area contributed by atoms with Crippen molar-refractivity contribution in [2.45, 2.75) is 26.3 Å². The number of para-hydroxylation sites is 2. The lowest BCUT2D eigenvalue weighted by molar-refractivity contribution is -0.153. The maximum Gasteiger partial charge on any atom is 0.321 e. The second kappa shape index (κ2) is 8.83. The van der Waals surface area contributed by atoms with Gasteiger partial charge in [0, 0.05) is 11.4 Å². The summed E-state index contributed by atoms with van der Waals surface area (Å²) in [5.41, 5.74) is 3.87. The quantitative estimate of drug-likeness (QED) is 0.308. The van der Waals surface area contributed by atoms with E-state index in [1.807, 2.05) is 73.0 Å². The van der Waals surface area contributed by atoms with Gasteiger partial charge < -0.3 is 4.74 Å². The Kier molecular flexibility index (Phi) is 5.72. The number of aromatic nitrogens is 2. The van der Waals surface area contributed by atoms with Crippen molar-refractivity contribution in [3.63, 3.8) is 0 Å². The Hall–Kier alpha value is -3.45. The first kappa shape index (κ1) is 21.4. The summed E-state index contributed by atoms with van der Waals surface area (Å²) in [6.45, 7) is 4.43. The summed E-state index contributed by atoms with van der Waals surface area (Å²) in [5, 5.41) is 2.00. The summed E-state index contributed by atoms with van der Waals surface area (Å²) < 4.78 is 7.48. The number of carbonyl (C=O) groups excluding carboxylic acids is 2. The lowest BCUT2D eigenvalue weighted by Crippen LogP contribution is -2.50. The lowest BCUT2D eigenvalue weighted by atomic mass is 9.92. The maximum absolute atomic E-state index is 13.9. The van der Waals surface area contributed by atoms with Gasteiger partial charge in [-0.15, -0.1) is 11.3 Å². The summed E-state index contributed by atoms with van der Waals surface area (Å²) in [6.07, 6.45) is 0.661. The molecule has 6 nitrogen and oxygen atoms in total. The predicted molar refractivity (Wildman–Crippen MR) is 130 cm³/mol. The Morgan fingerprint density at radius 2 is 1.85 bits per heavy atom. The highest BCUT2D eigenvalue weighted by Gasteiger charge is 2.48. The van der Waals surface area contributed by atoms with Crippen molar-refractivity contribution in [3.8, 4) is 0 Å². The van der Waals surface area contributed by atoms with Gasteiger partial charge in [0.25, 0.3) is 0 Å². The van der Waals surface area contributed by atoms with Crippen LogP contribution in [0, 0.1) is 12.8 Å². The smallest absolute Gasteiger partial charge is 0.321 e. The number of amides is 1. The number of anilines is 1. The fraction of sp³-hybridized carbons (Fsp3) is 0.269. The van der Waals surface area contributed by atoms with E-state index in [0.29, 0.717) is 18.9 Å². The first-order chi connectivity index (χ1) is 16.1. The van der Waals surface area contributed by atoms with Crippen molar-refractivity contribution in [1.29, 1.82) is 0 Å². The van der Waals surface area contributed by atoms with E-state index in [4.69, 9.17) is 9.72 Å². The average molecular weight is 460 g/mol. The van der Waals surface area contributed by atoms with Gasteiger partial charge in [0.05, 0.1) is 23.7 Å². The summed E-state index contributed by atoms with van der Waals surface area (Å²) in [7, 11) is 0. The molecule has 4 aromatic rings. The van der Waals surface area contributed by atoms with E-state index in [-0.39, 0.29) is 12.5 Å². The highest BCUT2D eigenvalue weighted by atomic mass is 32.1. The molecule has 0 unspecified atom stereocenters. The molecule has 0 aliphatic carbocycles. The van der Waals surface area contributed by atoms with Crippen LogP contribution in [0.1, 0.15) is 29.0 Å². The molecule has 0 bridgehead atoms. The topological polar surface area (TPSA) is 64.4 Å². The minimum absolute atomic E-state index is 0.223. The zero-order valence-corrected chi connectivity index (χ0v) is 19.4. The van der Waals surface area contributed by atoms with Crippen LogP contribution in [0.5, 0.6) is 0 Å². The van der Waals surface area contributed by atoms with Crippen LogP contribution in [0.25, 0.3) is 11.0 Å². The van der Waals surface area contributed by atoms with Crippen molar-refractivity contribution < 1.29 is 14.3 Å². The highest BCUT2D eigenvalue weighted by Crippen LogP contribution is 2.43. The molecule has 1 aliphatic rings. The van der Waals surface area contributed by atoms with Gasteiger partial charge >= 0.3 is 5.97 Å². The van der Waals surface area contributed by atoms with Crippen molar-refractivity contribution in [1.82, 2.24) is 9.55 Å². The lowest BCUT2D eigenvalue weighted by Gasteiger charge is -2.37. The molecule has 2 atom stereocenters. The van der Waals surface area contributed by atoms with Crippen molar-refractivity contribution in [3.05, 3.63) is 82.0 Å². The van der Waals surface area contributed by atoms with Gasteiger partial charge in [-0.1, -0.05) is 42.5 Å². The molecule has 0 spiro atoms. The van der Waals surface area contributed by atoms with Gasteiger partial charge in [-0.05, 0) is 55.0 Å². The van der Waals surface area contributed by atoms with E-state index in [1.54, 1.807) is 23.2 Å². The molecule has 0 saturated carbocycles. The predicted octanol–water partition coefficient (Wildman–Crippen LogP) is 4.76. The third-order valence-electron chi connectivity index (χ3n) is 6.12. The Bertz CT molecular complexity index is 1310. The molecule has 0 radical (unpaired) electrons. The Morgan fingerprint density at radius 3 is 2.58 bits per heavy atom. The van der Waals surface area contributed by atoms with Gasteiger partial charge in [-0.2, -0.15) is 0 Å². The van der Waals surface area contributed by atoms with Gasteiger partial charge in [0.15, 0.2) is 5.92 Å². The molecule has 1 amide bonds. The van der Waals surface area contributed by atoms with E-state index in [0.717, 1.165) is 27.0 Å². The number of nitrogens with zero attached hydrogens (tertiary/aromatic N) is 3. The number of hydrogen-bond donors (Lipinski definition) is 0. The molecule has 7 heteroatoms. The van der Waals surface area contributed by atoms with E-state index >= 15 is 0 Å². The summed E-state index contributed by atoms with van der Waals surface area (Å²) in [4.78, 5) is 34.6. The van der Waals surface area contributed by atoms with Crippen LogP contribution in [-0.2, 0) is 20.7 Å². The molecule has 5 rings (SSSR count). The zero-order valence-electron chi connectivity index (χ0n) is 18.6. The molecule has 3 heterocycles. The van der Waals surface area contributed by atoms with Crippen LogP contribution in [0.3, 0.4) is 0 Å². The number of hydrogen-bond acceptors (Lipinski definition) is 5. The fourth-order valence-corrected chi connectivity index (χ4v) is 5.61. The molecule has 168 valence electrons. The van der Waals surface area contributed by atoms with Crippen LogP contribution in [0.4, 0.5) is 5.95 Å². The van der Waals surface area contributed by atoms with E-state index in [2.05, 4.69) is 4.57 Å². The van der Waals surface area contributed by atoms with Crippen LogP contribution < -0.4 is 4.90 Å². The number of carbonyl (C=O) groups is 2. The monoisotopic (exact) mass is 459 g/mol. The van der Waals surface area contributed by atoms with Gasteiger partial charge in [-0.3, -0.25) is 19.1 Å². The second-order valence-corrected chi connectivity index (χ2v) is 9.09. The minimum Gasteiger partial charge on any atom is -0.465 e. The molecule has 0 fully saturated rings. The first-order valence-corrected chi connectivity index (χ1v) is 12.0. The van der Waals surface area contributed by atoms with E-state index in [1.165, 1.54) is 0 Å². The Morgan fingerprint density at radius 1 is 1.09 bits per heavy atom. The molecule has 0 N–H and O–H groups in total. The zero-order chi connectivity index (χ0) is 22.9. The van der Waals surface area contributed by atoms with Gasteiger partial charge in [-0.25, -0.2) is 4.98 Å². The summed E-state index contributed by atoms with van der Waals surface area (Å²) >= 11 is 1.56. The number of benzene rings is 2. The van der Waals surface area contributed by atoms with Gasteiger partial charge in [0.2, 0.25) is 11.9 Å². The maximum atomic E-state index is 13.9. The third kappa shape index (κ3) is 3.72. The molecular weight excluding hydrogens is 434 g/mol. The minimum atomic E-state index is -0.969. The number of rotatable bonds is 6. The number of fused-ring (bicyclic) bond motifs is 3. The number of ether oxygens (including phenoxy) is 1. The normalized spacial score (nSPS) is 17.9. The summed E-state index contributed by atoms with van der Waals surface area (Å²) in [5.74, 6) is -1.14. The molecule has 33 heavy (non-hydrogen) atoms. The fourth-order valence-electron chi connectivity index (χ4n) is 4.56. The SMILES string of the molecule is CCOC(=O)[C@@H]1C(=O)N(CCc2ccccc2)c2nc3ccccc3n2[C@@H]1c1sccc1C. The van der Waals surface area contributed by atoms with Crippen molar-refractivity contribution >= 4 is 40.2 Å². The van der Waals surface area contributed by atoms with Gasteiger partial charge in [0.1, 0.15) is 0 Å². The third-order valence-corrected chi connectivity index (χ3v) is 7.21. The standard InChI is InChI=1S/C26H25N3O3S/c1-3-32-25(31)21-22(23-17(2)14-16-33-23)29-20-12-8-7-11-19(20)27-26(29)28(24(21)30)15-13-18-9-5-4-6-10-18/h4-12,14,16,21-22H,3,13,15H2,1-2H3/t21-,22-/m0/s1. The summed E-state index contributed by atoms with van der Waals surface area (Å²) in [6, 6.07) is 19.4.